The molecule has 1 aliphatic rings. The number of nitrogens with zero attached hydrogens (tertiary/aromatic N) is 3. The lowest BCUT2D eigenvalue weighted by atomic mass is 9.97. The summed E-state index contributed by atoms with van der Waals surface area (Å²) in [6, 6.07) is 5.78. The van der Waals surface area contributed by atoms with E-state index in [0.717, 1.165) is 55.6 Å². The van der Waals surface area contributed by atoms with E-state index in [1.807, 2.05) is 25.1 Å². The quantitative estimate of drug-likeness (QED) is 0.928. The van der Waals surface area contributed by atoms with Crippen molar-refractivity contribution in [1.29, 1.82) is 0 Å². The lowest BCUT2D eigenvalue weighted by molar-refractivity contribution is 0.411. The van der Waals surface area contributed by atoms with E-state index in [-0.39, 0.29) is 0 Å². The first-order valence-corrected chi connectivity index (χ1v) is 7.11. The third kappa shape index (κ3) is 2.67. The fraction of sp³-hybridized carbons (Fsp3) is 0.467. The van der Waals surface area contributed by atoms with Crippen molar-refractivity contribution in [3.8, 4) is 11.5 Å². The number of piperidine rings is 1. The van der Waals surface area contributed by atoms with Gasteiger partial charge in [-0.25, -0.2) is 9.97 Å². The van der Waals surface area contributed by atoms with Crippen molar-refractivity contribution in [2.45, 2.75) is 19.8 Å². The molecule has 0 atom stereocenters. The van der Waals surface area contributed by atoms with Crippen molar-refractivity contribution >= 4 is 5.95 Å². The fourth-order valence-corrected chi connectivity index (χ4v) is 2.58. The van der Waals surface area contributed by atoms with E-state index < -0.39 is 0 Å². The standard InChI is InChI=1S/C15H20N4O/c1-11-2-3-14(20-11)13-4-7-17-15(18-13)19-8-5-12(10-16)6-9-19/h2-4,7,12H,5-6,8-10,16H2,1H3. The Morgan fingerprint density at radius 2 is 2.10 bits per heavy atom. The molecule has 0 amide bonds. The minimum absolute atomic E-state index is 0.641. The number of hydrogen-bond donors (Lipinski definition) is 1. The van der Waals surface area contributed by atoms with Crippen LogP contribution in [0.1, 0.15) is 18.6 Å². The monoisotopic (exact) mass is 272 g/mol. The molecule has 0 aliphatic carbocycles. The molecule has 0 bridgehead atoms. The van der Waals surface area contributed by atoms with Crippen LogP contribution in [-0.2, 0) is 0 Å². The molecule has 0 spiro atoms. The zero-order valence-electron chi connectivity index (χ0n) is 11.7. The van der Waals surface area contributed by atoms with E-state index in [4.69, 9.17) is 10.2 Å². The van der Waals surface area contributed by atoms with Gasteiger partial charge in [-0.3, -0.25) is 0 Å². The molecule has 0 saturated carbocycles. The number of anilines is 1. The first-order valence-electron chi connectivity index (χ1n) is 7.11. The average Bonchev–Trinajstić information content (AvgIpc) is 2.94. The topological polar surface area (TPSA) is 68.2 Å². The Morgan fingerprint density at radius 1 is 1.30 bits per heavy atom. The zero-order chi connectivity index (χ0) is 13.9. The molecule has 1 fully saturated rings. The molecule has 1 saturated heterocycles. The van der Waals surface area contributed by atoms with Crippen LogP contribution in [0, 0.1) is 12.8 Å². The van der Waals surface area contributed by atoms with Gasteiger partial charge >= 0.3 is 0 Å². The zero-order valence-corrected chi connectivity index (χ0v) is 11.7. The molecule has 2 aromatic heterocycles. The van der Waals surface area contributed by atoms with Crippen LogP contribution < -0.4 is 10.6 Å². The highest BCUT2D eigenvalue weighted by atomic mass is 16.3. The van der Waals surface area contributed by atoms with Crippen molar-refractivity contribution in [2.24, 2.45) is 11.7 Å². The number of furan rings is 1. The van der Waals surface area contributed by atoms with Crippen LogP contribution in [0.5, 0.6) is 0 Å². The summed E-state index contributed by atoms with van der Waals surface area (Å²) in [6.07, 6.45) is 4.03. The van der Waals surface area contributed by atoms with Gasteiger partial charge in [0.05, 0.1) is 0 Å². The summed E-state index contributed by atoms with van der Waals surface area (Å²) in [6.45, 7) is 4.66. The van der Waals surface area contributed by atoms with Gasteiger partial charge in [-0.1, -0.05) is 0 Å². The molecule has 5 nitrogen and oxygen atoms in total. The first kappa shape index (κ1) is 13.1. The Labute approximate surface area is 118 Å². The van der Waals surface area contributed by atoms with Gasteiger partial charge in [0, 0.05) is 19.3 Å². The third-order valence-corrected chi connectivity index (χ3v) is 3.87. The van der Waals surface area contributed by atoms with E-state index in [1.54, 1.807) is 6.20 Å². The first-order chi connectivity index (χ1) is 9.76. The Hall–Kier alpha value is -1.88. The molecule has 0 unspecified atom stereocenters. The highest BCUT2D eigenvalue weighted by Gasteiger charge is 2.20. The number of hydrogen-bond acceptors (Lipinski definition) is 5. The van der Waals surface area contributed by atoms with Gasteiger partial charge in [-0.2, -0.15) is 0 Å². The SMILES string of the molecule is Cc1ccc(-c2ccnc(N3CCC(CN)CC3)n2)o1. The second-order valence-electron chi connectivity index (χ2n) is 5.32. The maximum atomic E-state index is 5.73. The molecular weight excluding hydrogens is 252 g/mol. The summed E-state index contributed by atoms with van der Waals surface area (Å²) in [5, 5.41) is 0. The molecule has 2 N–H and O–H groups in total. The summed E-state index contributed by atoms with van der Waals surface area (Å²) in [5.41, 5.74) is 6.56. The Morgan fingerprint density at radius 3 is 2.75 bits per heavy atom. The summed E-state index contributed by atoms with van der Waals surface area (Å²) >= 11 is 0. The van der Waals surface area contributed by atoms with Crippen molar-refractivity contribution in [1.82, 2.24) is 9.97 Å². The summed E-state index contributed by atoms with van der Waals surface area (Å²) in [5.74, 6) is 3.11. The number of aromatic nitrogens is 2. The summed E-state index contributed by atoms with van der Waals surface area (Å²) < 4.78 is 5.62. The molecule has 2 aromatic rings. The molecule has 1 aliphatic heterocycles. The molecule has 20 heavy (non-hydrogen) atoms. The van der Waals surface area contributed by atoms with Gasteiger partial charge in [0.15, 0.2) is 5.76 Å². The highest BCUT2D eigenvalue weighted by molar-refractivity contribution is 5.54. The Kier molecular flexibility index (Phi) is 3.69. The third-order valence-electron chi connectivity index (χ3n) is 3.87. The number of nitrogens with two attached hydrogens (primary N) is 1. The molecule has 3 rings (SSSR count). The van der Waals surface area contributed by atoms with Crippen molar-refractivity contribution in [2.75, 3.05) is 24.5 Å². The summed E-state index contributed by atoms with van der Waals surface area (Å²) in [4.78, 5) is 11.2. The lowest BCUT2D eigenvalue weighted by Crippen LogP contribution is -2.37. The Bertz CT molecular complexity index is 573. The maximum Gasteiger partial charge on any atom is 0.225 e. The van der Waals surface area contributed by atoms with Crippen LogP contribution in [0.4, 0.5) is 5.95 Å². The molecule has 3 heterocycles. The van der Waals surface area contributed by atoms with Crippen molar-refractivity contribution in [3.05, 3.63) is 30.2 Å². The van der Waals surface area contributed by atoms with E-state index in [0.29, 0.717) is 5.92 Å². The summed E-state index contributed by atoms with van der Waals surface area (Å²) in [7, 11) is 0. The van der Waals surface area contributed by atoms with Crippen LogP contribution in [0.15, 0.2) is 28.8 Å². The Balaban J connectivity index is 1.78. The average molecular weight is 272 g/mol. The van der Waals surface area contributed by atoms with Gasteiger partial charge < -0.3 is 15.1 Å². The maximum absolute atomic E-state index is 5.73. The van der Waals surface area contributed by atoms with E-state index >= 15 is 0 Å². The van der Waals surface area contributed by atoms with Gasteiger partial charge in [-0.05, 0) is 50.4 Å². The van der Waals surface area contributed by atoms with Crippen LogP contribution in [-0.4, -0.2) is 29.6 Å². The van der Waals surface area contributed by atoms with Gasteiger partial charge in [0.1, 0.15) is 11.5 Å². The van der Waals surface area contributed by atoms with Crippen LogP contribution in [0.2, 0.25) is 0 Å². The predicted octanol–water partition coefficient (Wildman–Crippen LogP) is 2.22. The largest absolute Gasteiger partial charge is 0.460 e. The number of aryl methyl sites for hydroxylation is 1. The van der Waals surface area contributed by atoms with Crippen LogP contribution in [0.25, 0.3) is 11.5 Å². The second-order valence-corrected chi connectivity index (χ2v) is 5.32. The molecule has 0 aromatic carbocycles. The predicted molar refractivity (Wildman–Crippen MR) is 78.5 cm³/mol. The van der Waals surface area contributed by atoms with Crippen LogP contribution in [0.3, 0.4) is 0 Å². The molecule has 5 heteroatoms. The van der Waals surface area contributed by atoms with Crippen molar-refractivity contribution < 1.29 is 4.42 Å². The van der Waals surface area contributed by atoms with Crippen LogP contribution >= 0.6 is 0 Å². The normalized spacial score (nSPS) is 16.6. The van der Waals surface area contributed by atoms with E-state index in [2.05, 4.69) is 14.9 Å². The molecule has 106 valence electrons. The highest BCUT2D eigenvalue weighted by Crippen LogP contribution is 2.24. The molecular formula is C15H20N4O. The molecule has 0 radical (unpaired) electrons. The fourth-order valence-electron chi connectivity index (χ4n) is 2.58. The minimum atomic E-state index is 0.641. The lowest BCUT2D eigenvalue weighted by Gasteiger charge is -2.31. The second kappa shape index (κ2) is 5.63. The van der Waals surface area contributed by atoms with E-state index in [1.165, 1.54) is 0 Å². The van der Waals surface area contributed by atoms with Crippen molar-refractivity contribution in [3.63, 3.8) is 0 Å². The number of rotatable bonds is 3. The van der Waals surface area contributed by atoms with Gasteiger partial charge in [0.2, 0.25) is 5.95 Å². The van der Waals surface area contributed by atoms with Gasteiger partial charge in [0.25, 0.3) is 0 Å². The minimum Gasteiger partial charge on any atom is -0.460 e. The smallest absolute Gasteiger partial charge is 0.225 e. The van der Waals surface area contributed by atoms with Gasteiger partial charge in [-0.15, -0.1) is 0 Å². The van der Waals surface area contributed by atoms with E-state index in [9.17, 15) is 0 Å².